The predicted molar refractivity (Wildman–Crippen MR) is 103 cm³/mol. The van der Waals surface area contributed by atoms with Gasteiger partial charge in [-0.3, -0.25) is 14.6 Å². The number of hydrogen-bond acceptors (Lipinski definition) is 7. The number of tetrazole rings is 1. The molecule has 0 bridgehead atoms. The van der Waals surface area contributed by atoms with E-state index in [2.05, 4.69) is 20.5 Å². The molecule has 9 nitrogen and oxygen atoms in total. The topological polar surface area (TPSA) is 103 Å². The van der Waals surface area contributed by atoms with Gasteiger partial charge in [0.25, 0.3) is 5.91 Å². The average molecular weight is 392 g/mol. The molecular weight excluding hydrogens is 372 g/mol. The second-order valence-electron chi connectivity index (χ2n) is 6.80. The number of benzene rings is 1. The van der Waals surface area contributed by atoms with Crippen molar-refractivity contribution < 1.29 is 14.3 Å². The number of ether oxygens (including phenoxy) is 1. The van der Waals surface area contributed by atoms with Gasteiger partial charge in [0.15, 0.2) is 12.4 Å². The molecule has 1 fully saturated rings. The molecule has 2 aromatic heterocycles. The summed E-state index contributed by atoms with van der Waals surface area (Å²) >= 11 is 0. The number of pyridine rings is 1. The van der Waals surface area contributed by atoms with Crippen molar-refractivity contribution in [1.29, 1.82) is 0 Å². The highest BCUT2D eigenvalue weighted by Gasteiger charge is 2.29. The number of hydrogen-bond donors (Lipinski definition) is 0. The van der Waals surface area contributed by atoms with Crippen molar-refractivity contribution in [3.8, 4) is 11.4 Å². The van der Waals surface area contributed by atoms with Crippen molar-refractivity contribution in [3.05, 3.63) is 60.7 Å². The Labute approximate surface area is 167 Å². The molecule has 3 aromatic rings. The summed E-state index contributed by atoms with van der Waals surface area (Å²) in [4.78, 5) is 31.0. The number of carbonyl (C=O) groups is 2. The summed E-state index contributed by atoms with van der Waals surface area (Å²) in [7, 11) is 0. The molecular formula is C20H20N6O3. The number of amides is 1. The van der Waals surface area contributed by atoms with Crippen LogP contribution in [0.25, 0.3) is 5.69 Å². The summed E-state index contributed by atoms with van der Waals surface area (Å²) in [5.74, 6) is 0.210. The Bertz CT molecular complexity index is 960. The van der Waals surface area contributed by atoms with E-state index in [1.165, 1.54) is 11.0 Å². The quantitative estimate of drug-likeness (QED) is 0.587. The van der Waals surface area contributed by atoms with E-state index in [-0.39, 0.29) is 24.2 Å². The van der Waals surface area contributed by atoms with Crippen LogP contribution in [0.3, 0.4) is 0 Å². The molecule has 1 unspecified atom stereocenters. The van der Waals surface area contributed by atoms with E-state index in [1.54, 1.807) is 53.6 Å². The van der Waals surface area contributed by atoms with Crippen molar-refractivity contribution in [3.63, 3.8) is 0 Å². The molecule has 1 aromatic carbocycles. The number of piperidine rings is 1. The number of carbonyl (C=O) groups excluding carboxylic acids is 2. The number of Topliss-reactive ketones (excluding diaryl/α,β-unsaturated/α-hetero) is 1. The van der Waals surface area contributed by atoms with E-state index in [0.717, 1.165) is 18.5 Å². The highest BCUT2D eigenvalue weighted by atomic mass is 16.5. The number of nitrogens with zero attached hydrogens (tertiary/aromatic N) is 6. The first-order valence-electron chi connectivity index (χ1n) is 9.40. The smallest absolute Gasteiger partial charge is 0.260 e. The number of likely N-dealkylation sites (tertiary alicyclic amines) is 1. The zero-order chi connectivity index (χ0) is 20.1. The summed E-state index contributed by atoms with van der Waals surface area (Å²) in [6.07, 6.45) is 4.66. The highest BCUT2D eigenvalue weighted by Crippen LogP contribution is 2.21. The molecule has 0 radical (unpaired) electrons. The first kappa shape index (κ1) is 18.7. The Hall–Kier alpha value is -3.62. The third kappa shape index (κ3) is 4.45. The maximum atomic E-state index is 12.6. The van der Waals surface area contributed by atoms with Gasteiger partial charge in [-0.15, -0.1) is 5.10 Å². The third-order valence-corrected chi connectivity index (χ3v) is 4.87. The Morgan fingerprint density at radius 2 is 2.00 bits per heavy atom. The predicted octanol–water partition coefficient (Wildman–Crippen LogP) is 1.56. The minimum atomic E-state index is -0.224. The molecule has 1 aliphatic heterocycles. The van der Waals surface area contributed by atoms with Crippen LogP contribution >= 0.6 is 0 Å². The molecule has 29 heavy (non-hydrogen) atoms. The summed E-state index contributed by atoms with van der Waals surface area (Å²) in [6, 6.07) is 12.4. The van der Waals surface area contributed by atoms with Gasteiger partial charge in [0, 0.05) is 25.2 Å². The molecule has 0 spiro atoms. The standard InChI is InChI=1S/C20H20N6O3/c27-19(13-29-17-8-6-16(7-9-17)26-14-22-23-24-26)25-11-3-4-15(12-25)20(28)18-5-1-2-10-21-18/h1-2,5-10,14-15H,3-4,11-13H2. The number of rotatable bonds is 6. The van der Waals surface area contributed by atoms with Gasteiger partial charge in [-0.1, -0.05) is 6.07 Å². The molecule has 0 saturated carbocycles. The maximum absolute atomic E-state index is 12.6. The van der Waals surface area contributed by atoms with E-state index >= 15 is 0 Å². The second-order valence-corrected chi connectivity index (χ2v) is 6.80. The van der Waals surface area contributed by atoms with Crippen LogP contribution < -0.4 is 4.74 Å². The Kier molecular flexibility index (Phi) is 5.55. The van der Waals surface area contributed by atoms with Crippen molar-refractivity contribution in [2.45, 2.75) is 12.8 Å². The first-order chi connectivity index (χ1) is 14.2. The molecule has 1 amide bonds. The maximum Gasteiger partial charge on any atom is 0.260 e. The van der Waals surface area contributed by atoms with Gasteiger partial charge in [-0.2, -0.15) is 0 Å². The van der Waals surface area contributed by atoms with E-state index in [0.29, 0.717) is 24.5 Å². The Balaban J connectivity index is 1.32. The Morgan fingerprint density at radius 1 is 1.14 bits per heavy atom. The van der Waals surface area contributed by atoms with Crippen molar-refractivity contribution >= 4 is 11.7 Å². The third-order valence-electron chi connectivity index (χ3n) is 4.87. The van der Waals surface area contributed by atoms with Crippen LogP contribution in [-0.4, -0.2) is 61.5 Å². The molecule has 1 aliphatic rings. The number of aromatic nitrogens is 5. The van der Waals surface area contributed by atoms with Gasteiger partial charge in [-0.25, -0.2) is 4.68 Å². The van der Waals surface area contributed by atoms with E-state index < -0.39 is 0 Å². The van der Waals surface area contributed by atoms with E-state index in [9.17, 15) is 9.59 Å². The minimum absolute atomic E-state index is 0.0118. The largest absolute Gasteiger partial charge is 0.484 e. The molecule has 0 aliphatic carbocycles. The minimum Gasteiger partial charge on any atom is -0.484 e. The van der Waals surface area contributed by atoms with Gasteiger partial charge in [-0.05, 0) is 59.7 Å². The summed E-state index contributed by atoms with van der Waals surface area (Å²) < 4.78 is 7.15. The van der Waals surface area contributed by atoms with Crippen LogP contribution in [0.5, 0.6) is 5.75 Å². The van der Waals surface area contributed by atoms with Gasteiger partial charge in [0.1, 0.15) is 17.8 Å². The lowest BCUT2D eigenvalue weighted by atomic mass is 9.92. The van der Waals surface area contributed by atoms with Crippen LogP contribution in [0.2, 0.25) is 0 Å². The summed E-state index contributed by atoms with van der Waals surface area (Å²) in [6.45, 7) is 0.955. The lowest BCUT2D eigenvalue weighted by Crippen LogP contribution is -2.44. The first-order valence-corrected chi connectivity index (χ1v) is 9.40. The normalized spacial score (nSPS) is 16.4. The fourth-order valence-corrected chi connectivity index (χ4v) is 3.35. The Morgan fingerprint density at radius 3 is 2.72 bits per heavy atom. The molecule has 4 rings (SSSR count). The average Bonchev–Trinajstić information content (AvgIpc) is 3.33. The monoisotopic (exact) mass is 392 g/mol. The van der Waals surface area contributed by atoms with Crippen LogP contribution in [0, 0.1) is 5.92 Å². The lowest BCUT2D eigenvalue weighted by molar-refractivity contribution is -0.134. The zero-order valence-corrected chi connectivity index (χ0v) is 15.7. The van der Waals surface area contributed by atoms with Gasteiger partial charge in [0.05, 0.1) is 5.69 Å². The van der Waals surface area contributed by atoms with Crippen molar-refractivity contribution in [2.24, 2.45) is 5.92 Å². The fraction of sp³-hybridized carbons (Fsp3) is 0.300. The number of ketones is 1. The molecule has 1 atom stereocenters. The van der Waals surface area contributed by atoms with E-state index in [1.807, 2.05) is 0 Å². The molecule has 148 valence electrons. The molecule has 1 saturated heterocycles. The van der Waals surface area contributed by atoms with Crippen molar-refractivity contribution in [1.82, 2.24) is 30.1 Å². The SMILES string of the molecule is O=C(c1ccccn1)C1CCCN(C(=O)COc2ccc(-n3cnnn3)cc2)C1. The molecule has 0 N–H and O–H groups in total. The van der Waals surface area contributed by atoms with Crippen LogP contribution in [0.4, 0.5) is 0 Å². The lowest BCUT2D eigenvalue weighted by Gasteiger charge is -2.31. The van der Waals surface area contributed by atoms with Gasteiger partial charge >= 0.3 is 0 Å². The second kappa shape index (κ2) is 8.59. The highest BCUT2D eigenvalue weighted by molar-refractivity contribution is 5.96. The van der Waals surface area contributed by atoms with Gasteiger partial charge in [0.2, 0.25) is 0 Å². The van der Waals surface area contributed by atoms with Crippen LogP contribution in [-0.2, 0) is 4.79 Å². The zero-order valence-electron chi connectivity index (χ0n) is 15.7. The van der Waals surface area contributed by atoms with Gasteiger partial charge < -0.3 is 9.64 Å². The summed E-state index contributed by atoms with van der Waals surface area (Å²) in [5, 5.41) is 11.0. The molecule has 9 heteroatoms. The van der Waals surface area contributed by atoms with Crippen LogP contribution in [0.1, 0.15) is 23.3 Å². The fourth-order valence-electron chi connectivity index (χ4n) is 3.35. The van der Waals surface area contributed by atoms with Crippen molar-refractivity contribution in [2.75, 3.05) is 19.7 Å². The summed E-state index contributed by atoms with van der Waals surface area (Å²) in [5.41, 5.74) is 1.24. The molecule has 3 heterocycles. The van der Waals surface area contributed by atoms with E-state index in [4.69, 9.17) is 4.74 Å². The van der Waals surface area contributed by atoms with Crippen LogP contribution in [0.15, 0.2) is 55.0 Å².